The summed E-state index contributed by atoms with van der Waals surface area (Å²) in [6, 6.07) is 11.5. The Kier molecular flexibility index (Phi) is 4.74. The van der Waals surface area contributed by atoms with Gasteiger partial charge in [0.25, 0.3) is 5.56 Å². The maximum Gasteiger partial charge on any atom is 0.253 e. The van der Waals surface area contributed by atoms with Gasteiger partial charge in [-0.3, -0.25) is 14.2 Å². The number of para-hydroxylation sites is 1. The second-order valence-corrected chi connectivity index (χ2v) is 5.62. The van der Waals surface area contributed by atoms with Crippen LogP contribution in [0.3, 0.4) is 0 Å². The average Bonchev–Trinajstić information content (AvgIpc) is 2.99. The molecule has 6 heteroatoms. The Bertz CT molecular complexity index is 911. The highest BCUT2D eigenvalue weighted by atomic mass is 16.2. The molecule has 0 unspecified atom stereocenters. The molecular formula is C18H20N4O2. The van der Waals surface area contributed by atoms with Crippen molar-refractivity contribution >= 4 is 16.8 Å². The van der Waals surface area contributed by atoms with Gasteiger partial charge in [-0.25, -0.2) is 4.98 Å². The van der Waals surface area contributed by atoms with Gasteiger partial charge in [0.05, 0.1) is 6.33 Å². The topological polar surface area (TPSA) is 68.9 Å². The molecule has 0 aliphatic rings. The van der Waals surface area contributed by atoms with Gasteiger partial charge in [0.1, 0.15) is 6.54 Å². The zero-order valence-electron chi connectivity index (χ0n) is 13.6. The number of rotatable bonds is 6. The molecule has 1 aromatic carbocycles. The van der Waals surface area contributed by atoms with Gasteiger partial charge in [-0.1, -0.05) is 25.1 Å². The summed E-state index contributed by atoms with van der Waals surface area (Å²) in [5.74, 6) is -0.0810. The first-order valence-corrected chi connectivity index (χ1v) is 8.03. The smallest absolute Gasteiger partial charge is 0.253 e. The van der Waals surface area contributed by atoms with Crippen LogP contribution in [0.1, 0.15) is 12.6 Å². The molecule has 0 aliphatic heterocycles. The Morgan fingerprint density at radius 3 is 2.83 bits per heavy atom. The van der Waals surface area contributed by atoms with Crippen molar-refractivity contribution in [2.24, 2.45) is 0 Å². The third-order valence-electron chi connectivity index (χ3n) is 3.97. The number of carbonyl (C=O) groups excluding carboxylic acids is 1. The van der Waals surface area contributed by atoms with Gasteiger partial charge >= 0.3 is 0 Å². The van der Waals surface area contributed by atoms with Crippen LogP contribution in [0.25, 0.3) is 10.9 Å². The molecule has 0 aliphatic carbocycles. The molecular weight excluding hydrogens is 304 g/mol. The summed E-state index contributed by atoms with van der Waals surface area (Å²) >= 11 is 0. The highest BCUT2D eigenvalue weighted by Crippen LogP contribution is 2.14. The van der Waals surface area contributed by atoms with Crippen molar-refractivity contribution in [2.45, 2.75) is 26.4 Å². The van der Waals surface area contributed by atoms with Crippen LogP contribution in [0, 0.1) is 0 Å². The molecule has 0 atom stereocenters. The molecule has 0 saturated carbocycles. The molecule has 3 rings (SSSR count). The molecule has 3 aromatic rings. The lowest BCUT2D eigenvalue weighted by molar-refractivity contribution is -0.121. The van der Waals surface area contributed by atoms with Crippen molar-refractivity contribution in [3.63, 3.8) is 0 Å². The van der Waals surface area contributed by atoms with Crippen molar-refractivity contribution in [3.05, 3.63) is 65.0 Å². The van der Waals surface area contributed by atoms with E-state index in [9.17, 15) is 9.59 Å². The third-order valence-corrected chi connectivity index (χ3v) is 3.97. The minimum atomic E-state index is -0.0903. The molecule has 0 saturated heterocycles. The van der Waals surface area contributed by atoms with Crippen molar-refractivity contribution in [1.82, 2.24) is 19.4 Å². The maximum absolute atomic E-state index is 12.1. The predicted molar refractivity (Wildman–Crippen MR) is 92.8 cm³/mol. The van der Waals surface area contributed by atoms with Crippen molar-refractivity contribution in [1.29, 1.82) is 0 Å². The zero-order valence-corrected chi connectivity index (χ0v) is 13.6. The first-order valence-electron chi connectivity index (χ1n) is 8.03. The fraction of sp³-hybridized carbons (Fsp3) is 0.278. The number of carbonyl (C=O) groups is 1. The molecule has 6 nitrogen and oxygen atoms in total. The van der Waals surface area contributed by atoms with Gasteiger partial charge in [-0.2, -0.15) is 0 Å². The van der Waals surface area contributed by atoms with Gasteiger partial charge in [-0.15, -0.1) is 0 Å². The van der Waals surface area contributed by atoms with Gasteiger partial charge in [0.2, 0.25) is 5.91 Å². The normalized spacial score (nSPS) is 10.9. The highest BCUT2D eigenvalue weighted by molar-refractivity contribution is 5.83. The predicted octanol–water partition coefficient (Wildman–Crippen LogP) is 1.58. The van der Waals surface area contributed by atoms with E-state index in [4.69, 9.17) is 0 Å². The van der Waals surface area contributed by atoms with Crippen LogP contribution < -0.4 is 10.9 Å². The minimum Gasteiger partial charge on any atom is -0.353 e. The number of hydrogen-bond acceptors (Lipinski definition) is 3. The monoisotopic (exact) mass is 324 g/mol. The molecule has 2 heterocycles. The van der Waals surface area contributed by atoms with Crippen molar-refractivity contribution < 1.29 is 4.79 Å². The molecule has 2 aromatic heterocycles. The van der Waals surface area contributed by atoms with Gasteiger partial charge in [0, 0.05) is 36.6 Å². The molecule has 1 N–H and O–H groups in total. The third kappa shape index (κ3) is 3.53. The van der Waals surface area contributed by atoms with E-state index in [-0.39, 0.29) is 18.0 Å². The minimum absolute atomic E-state index is 0.0810. The van der Waals surface area contributed by atoms with E-state index in [2.05, 4.69) is 10.3 Å². The summed E-state index contributed by atoms with van der Waals surface area (Å²) in [6.45, 7) is 3.02. The van der Waals surface area contributed by atoms with Gasteiger partial charge in [0.15, 0.2) is 0 Å². The number of nitrogens with zero attached hydrogens (tertiary/aromatic N) is 3. The van der Waals surface area contributed by atoms with Crippen LogP contribution in [0.2, 0.25) is 0 Å². The zero-order chi connectivity index (χ0) is 16.9. The number of fused-ring (bicyclic) bond motifs is 1. The lowest BCUT2D eigenvalue weighted by atomic mass is 10.2. The SMILES string of the molecule is CCc1cc(=O)n(CCNC(=O)Cn2ccc3ccccc32)cn1. The Labute approximate surface area is 139 Å². The summed E-state index contributed by atoms with van der Waals surface area (Å²) in [7, 11) is 0. The molecule has 124 valence electrons. The lowest BCUT2D eigenvalue weighted by Crippen LogP contribution is -2.32. The molecule has 24 heavy (non-hydrogen) atoms. The first-order chi connectivity index (χ1) is 11.7. The number of benzene rings is 1. The molecule has 0 fully saturated rings. The van der Waals surface area contributed by atoms with E-state index in [0.717, 1.165) is 23.0 Å². The fourth-order valence-electron chi connectivity index (χ4n) is 2.63. The number of nitrogens with one attached hydrogen (secondary N) is 1. The Hall–Kier alpha value is -2.89. The lowest BCUT2D eigenvalue weighted by Gasteiger charge is -2.09. The van der Waals surface area contributed by atoms with Crippen LogP contribution >= 0.6 is 0 Å². The van der Waals surface area contributed by atoms with E-state index < -0.39 is 0 Å². The largest absolute Gasteiger partial charge is 0.353 e. The Balaban J connectivity index is 1.55. The van der Waals surface area contributed by atoms with Crippen LogP contribution in [-0.4, -0.2) is 26.6 Å². The quantitative estimate of drug-likeness (QED) is 0.748. The van der Waals surface area contributed by atoms with Crippen molar-refractivity contribution in [3.8, 4) is 0 Å². The van der Waals surface area contributed by atoms with Crippen LogP contribution in [0.15, 0.2) is 53.7 Å². The molecule has 0 spiro atoms. The van der Waals surface area contributed by atoms with Gasteiger partial charge in [-0.05, 0) is 23.9 Å². The molecule has 0 bridgehead atoms. The number of hydrogen-bond donors (Lipinski definition) is 1. The van der Waals surface area contributed by atoms with E-state index in [1.807, 2.05) is 48.0 Å². The van der Waals surface area contributed by atoms with Crippen molar-refractivity contribution in [2.75, 3.05) is 6.54 Å². The maximum atomic E-state index is 12.1. The van der Waals surface area contributed by atoms with E-state index in [1.54, 1.807) is 0 Å². The summed E-state index contributed by atoms with van der Waals surface area (Å²) in [4.78, 5) is 28.2. The standard InChI is InChI=1S/C18H20N4O2/c1-2-15-11-18(24)22(13-20-15)10-8-19-17(23)12-21-9-7-14-5-3-4-6-16(14)21/h3-7,9,11,13H,2,8,10,12H2,1H3,(H,19,23). The Morgan fingerprint density at radius 2 is 2.04 bits per heavy atom. The Morgan fingerprint density at radius 1 is 1.21 bits per heavy atom. The van der Waals surface area contributed by atoms with E-state index in [1.165, 1.54) is 17.0 Å². The highest BCUT2D eigenvalue weighted by Gasteiger charge is 2.06. The first kappa shape index (κ1) is 16.0. The van der Waals surface area contributed by atoms with Gasteiger partial charge < -0.3 is 9.88 Å². The van der Waals surface area contributed by atoms with E-state index in [0.29, 0.717) is 13.1 Å². The number of amides is 1. The number of aryl methyl sites for hydroxylation is 1. The number of aromatic nitrogens is 3. The second kappa shape index (κ2) is 7.12. The van der Waals surface area contributed by atoms with E-state index >= 15 is 0 Å². The summed E-state index contributed by atoms with van der Waals surface area (Å²) < 4.78 is 3.42. The van der Waals surface area contributed by atoms with Crippen LogP contribution in [-0.2, 0) is 24.3 Å². The fourth-order valence-corrected chi connectivity index (χ4v) is 2.63. The summed E-state index contributed by atoms with van der Waals surface area (Å²) in [5.41, 5.74) is 1.72. The summed E-state index contributed by atoms with van der Waals surface area (Å²) in [5, 5.41) is 3.95. The van der Waals surface area contributed by atoms with Crippen LogP contribution in [0.4, 0.5) is 0 Å². The summed E-state index contributed by atoms with van der Waals surface area (Å²) in [6.07, 6.45) is 4.17. The molecule has 0 radical (unpaired) electrons. The van der Waals surface area contributed by atoms with Crippen LogP contribution in [0.5, 0.6) is 0 Å². The second-order valence-electron chi connectivity index (χ2n) is 5.62. The molecule has 1 amide bonds. The average molecular weight is 324 g/mol.